The first kappa shape index (κ1) is 19.1. The molecular formula is C24H25N3O2. The molecule has 1 unspecified atom stereocenters. The van der Waals surface area contributed by atoms with Crippen molar-refractivity contribution in [1.29, 1.82) is 0 Å². The maximum Gasteiger partial charge on any atom is 0.233 e. The van der Waals surface area contributed by atoms with Gasteiger partial charge in [-0.05, 0) is 30.0 Å². The van der Waals surface area contributed by atoms with Gasteiger partial charge in [-0.25, -0.2) is 0 Å². The van der Waals surface area contributed by atoms with Crippen LogP contribution < -0.4 is 4.74 Å². The van der Waals surface area contributed by atoms with E-state index >= 15 is 0 Å². The molecule has 29 heavy (non-hydrogen) atoms. The third-order valence-electron chi connectivity index (χ3n) is 5.35. The highest BCUT2D eigenvalue weighted by atomic mass is 16.5. The minimum atomic E-state index is -0.0451. The Bertz CT molecular complexity index is 864. The number of likely N-dealkylation sites (tertiary alicyclic amines) is 1. The van der Waals surface area contributed by atoms with Crippen molar-refractivity contribution in [2.45, 2.75) is 31.3 Å². The van der Waals surface area contributed by atoms with Gasteiger partial charge < -0.3 is 9.64 Å². The summed E-state index contributed by atoms with van der Waals surface area (Å²) in [5.74, 6) is 0.722. The Morgan fingerprint density at radius 3 is 2.31 bits per heavy atom. The number of benzene rings is 2. The number of ether oxygens (including phenoxy) is 1. The van der Waals surface area contributed by atoms with Gasteiger partial charge in [0.25, 0.3) is 0 Å². The lowest BCUT2D eigenvalue weighted by Crippen LogP contribution is -2.44. The molecule has 5 heteroatoms. The molecule has 4 rings (SSSR count). The van der Waals surface area contributed by atoms with Crippen LogP contribution in [0.5, 0.6) is 5.88 Å². The van der Waals surface area contributed by atoms with Gasteiger partial charge >= 0.3 is 0 Å². The van der Waals surface area contributed by atoms with E-state index in [0.717, 1.165) is 30.5 Å². The van der Waals surface area contributed by atoms with Gasteiger partial charge in [0.1, 0.15) is 6.10 Å². The van der Waals surface area contributed by atoms with Crippen LogP contribution in [0.4, 0.5) is 0 Å². The molecule has 5 nitrogen and oxygen atoms in total. The second kappa shape index (κ2) is 9.32. The van der Waals surface area contributed by atoms with Crippen LogP contribution in [0.2, 0.25) is 0 Å². The molecule has 2 aromatic carbocycles. The Balaban J connectivity index is 1.46. The molecule has 1 saturated heterocycles. The number of amides is 1. The number of aromatic nitrogens is 2. The van der Waals surface area contributed by atoms with E-state index in [1.54, 1.807) is 18.3 Å². The maximum absolute atomic E-state index is 13.2. The largest absolute Gasteiger partial charge is 0.471 e. The second-order valence-corrected chi connectivity index (χ2v) is 7.36. The van der Waals surface area contributed by atoms with Gasteiger partial charge in [-0.15, -0.1) is 5.10 Å². The van der Waals surface area contributed by atoms with Crippen molar-refractivity contribution < 1.29 is 9.53 Å². The lowest BCUT2D eigenvalue weighted by Gasteiger charge is -2.33. The van der Waals surface area contributed by atoms with E-state index in [0.29, 0.717) is 18.8 Å². The Kier molecular flexibility index (Phi) is 6.15. The van der Waals surface area contributed by atoms with Crippen LogP contribution in [0.3, 0.4) is 0 Å². The Morgan fingerprint density at radius 2 is 1.69 bits per heavy atom. The standard InChI is InChI=1S/C24H25N3O2/c28-24(27-16-8-13-21(18-27)29-23-14-7-15-25-26-23)17-22(19-9-3-1-4-10-19)20-11-5-2-6-12-20/h1-7,9-12,14-15,21-22H,8,13,16-18H2. The van der Waals surface area contributed by atoms with E-state index in [2.05, 4.69) is 34.5 Å². The number of piperidine rings is 1. The molecule has 148 valence electrons. The molecule has 1 atom stereocenters. The monoisotopic (exact) mass is 387 g/mol. The summed E-state index contributed by atoms with van der Waals surface area (Å²) in [7, 11) is 0. The Hall–Kier alpha value is -3.21. The molecule has 2 heterocycles. The molecular weight excluding hydrogens is 362 g/mol. The molecule has 0 radical (unpaired) electrons. The van der Waals surface area contributed by atoms with Gasteiger partial charge in [-0.2, -0.15) is 5.10 Å². The smallest absolute Gasteiger partial charge is 0.233 e. The summed E-state index contributed by atoms with van der Waals surface area (Å²) in [6.45, 7) is 1.36. The summed E-state index contributed by atoms with van der Waals surface area (Å²) in [6, 6.07) is 24.1. The molecule has 0 bridgehead atoms. The normalized spacial score (nSPS) is 16.6. The van der Waals surface area contributed by atoms with E-state index in [1.165, 1.54) is 0 Å². The van der Waals surface area contributed by atoms with Crippen LogP contribution in [-0.4, -0.2) is 40.2 Å². The average molecular weight is 387 g/mol. The highest BCUT2D eigenvalue weighted by molar-refractivity contribution is 5.78. The van der Waals surface area contributed by atoms with Crippen LogP contribution in [0, 0.1) is 0 Å². The lowest BCUT2D eigenvalue weighted by molar-refractivity contribution is -0.134. The fourth-order valence-electron chi connectivity index (χ4n) is 3.88. The number of carbonyl (C=O) groups is 1. The second-order valence-electron chi connectivity index (χ2n) is 7.36. The number of rotatable bonds is 6. The molecule has 1 amide bonds. The maximum atomic E-state index is 13.2. The quantitative estimate of drug-likeness (QED) is 0.640. The SMILES string of the molecule is O=C(CC(c1ccccc1)c1ccccc1)N1CCCC(Oc2cccnn2)C1. The highest BCUT2D eigenvalue weighted by Crippen LogP contribution is 2.29. The van der Waals surface area contributed by atoms with Crippen LogP contribution in [0.15, 0.2) is 79.0 Å². The van der Waals surface area contributed by atoms with Crippen LogP contribution >= 0.6 is 0 Å². The van der Waals surface area contributed by atoms with Gasteiger partial charge in [0, 0.05) is 31.1 Å². The van der Waals surface area contributed by atoms with E-state index in [1.807, 2.05) is 41.3 Å². The lowest BCUT2D eigenvalue weighted by atomic mass is 9.88. The van der Waals surface area contributed by atoms with Gasteiger partial charge in [0.05, 0.1) is 6.54 Å². The first-order valence-electron chi connectivity index (χ1n) is 10.1. The summed E-state index contributed by atoms with van der Waals surface area (Å²) < 4.78 is 5.94. The van der Waals surface area contributed by atoms with Crippen molar-refractivity contribution >= 4 is 5.91 Å². The fourth-order valence-corrected chi connectivity index (χ4v) is 3.88. The van der Waals surface area contributed by atoms with Gasteiger partial charge in [0.2, 0.25) is 11.8 Å². The van der Waals surface area contributed by atoms with Gasteiger partial charge in [-0.1, -0.05) is 60.7 Å². The fraction of sp³-hybridized carbons (Fsp3) is 0.292. The molecule has 1 aromatic heterocycles. The zero-order valence-electron chi connectivity index (χ0n) is 16.4. The van der Waals surface area contributed by atoms with Crippen LogP contribution in [0.1, 0.15) is 36.3 Å². The van der Waals surface area contributed by atoms with E-state index in [4.69, 9.17) is 4.74 Å². The number of carbonyl (C=O) groups excluding carboxylic acids is 1. The van der Waals surface area contributed by atoms with Crippen LogP contribution in [-0.2, 0) is 4.79 Å². The number of hydrogen-bond acceptors (Lipinski definition) is 4. The minimum Gasteiger partial charge on any atom is -0.471 e. The van der Waals surface area contributed by atoms with Crippen molar-refractivity contribution in [1.82, 2.24) is 15.1 Å². The molecule has 1 aliphatic rings. The molecule has 0 saturated carbocycles. The topological polar surface area (TPSA) is 55.3 Å². The van der Waals surface area contributed by atoms with Crippen LogP contribution in [0.25, 0.3) is 0 Å². The zero-order chi connectivity index (χ0) is 19.9. The van der Waals surface area contributed by atoms with Crippen molar-refractivity contribution in [3.05, 3.63) is 90.1 Å². The zero-order valence-corrected chi connectivity index (χ0v) is 16.4. The van der Waals surface area contributed by atoms with Crippen molar-refractivity contribution in [3.8, 4) is 5.88 Å². The van der Waals surface area contributed by atoms with E-state index in [-0.39, 0.29) is 17.9 Å². The summed E-state index contributed by atoms with van der Waals surface area (Å²) in [4.78, 5) is 15.1. The highest BCUT2D eigenvalue weighted by Gasteiger charge is 2.27. The van der Waals surface area contributed by atoms with Crippen molar-refractivity contribution in [2.75, 3.05) is 13.1 Å². The summed E-state index contributed by atoms with van der Waals surface area (Å²) in [5.41, 5.74) is 2.33. The predicted molar refractivity (Wildman–Crippen MR) is 112 cm³/mol. The van der Waals surface area contributed by atoms with E-state index < -0.39 is 0 Å². The Labute approximate surface area is 171 Å². The number of hydrogen-bond donors (Lipinski definition) is 0. The van der Waals surface area contributed by atoms with Gasteiger partial charge in [0.15, 0.2) is 0 Å². The first-order chi connectivity index (χ1) is 14.3. The summed E-state index contributed by atoms with van der Waals surface area (Å²) in [6.07, 6.45) is 3.87. The third kappa shape index (κ3) is 4.99. The molecule has 0 N–H and O–H groups in total. The third-order valence-corrected chi connectivity index (χ3v) is 5.35. The average Bonchev–Trinajstić information content (AvgIpc) is 2.79. The number of nitrogens with zero attached hydrogens (tertiary/aromatic N) is 3. The summed E-state index contributed by atoms with van der Waals surface area (Å²) >= 11 is 0. The Morgan fingerprint density at radius 1 is 1.00 bits per heavy atom. The van der Waals surface area contributed by atoms with Gasteiger partial charge in [-0.3, -0.25) is 4.79 Å². The molecule has 1 aliphatic heterocycles. The van der Waals surface area contributed by atoms with E-state index in [9.17, 15) is 4.79 Å². The molecule has 3 aromatic rings. The van der Waals surface area contributed by atoms with Crippen molar-refractivity contribution in [2.24, 2.45) is 0 Å². The van der Waals surface area contributed by atoms with Crippen molar-refractivity contribution in [3.63, 3.8) is 0 Å². The first-order valence-corrected chi connectivity index (χ1v) is 10.1. The molecule has 0 spiro atoms. The predicted octanol–water partition coefficient (Wildman–Crippen LogP) is 4.07. The minimum absolute atomic E-state index is 0.0451. The molecule has 0 aliphatic carbocycles. The summed E-state index contributed by atoms with van der Waals surface area (Å²) in [5, 5.41) is 7.85. The molecule has 1 fully saturated rings.